The lowest BCUT2D eigenvalue weighted by atomic mass is 10.0. The Morgan fingerprint density at radius 3 is 2.77 bits per heavy atom. The van der Waals surface area contributed by atoms with Gasteiger partial charge in [-0.25, -0.2) is 13.8 Å². The quantitative estimate of drug-likeness (QED) is 0.880. The largest absolute Gasteiger partial charge is 0.346 e. The molecule has 0 unspecified atom stereocenters. The summed E-state index contributed by atoms with van der Waals surface area (Å²) in [6, 6.07) is 1.58. The Bertz CT molecular complexity index is 697. The molecule has 120 valence electrons. The summed E-state index contributed by atoms with van der Waals surface area (Å²) in [7, 11) is 0. The van der Waals surface area contributed by atoms with Crippen molar-refractivity contribution in [1.82, 2.24) is 15.5 Å². The summed E-state index contributed by atoms with van der Waals surface area (Å²) < 4.78 is 31.5. The zero-order chi connectivity index (χ0) is 16.5. The number of pyridine rings is 1. The van der Waals surface area contributed by atoms with Crippen LogP contribution in [0.5, 0.6) is 0 Å². The number of halogens is 2. The zero-order valence-electron chi connectivity index (χ0n) is 12.6. The highest BCUT2D eigenvalue weighted by Crippen LogP contribution is 2.25. The van der Waals surface area contributed by atoms with E-state index in [1.807, 2.05) is 13.8 Å². The summed E-state index contributed by atoms with van der Waals surface area (Å²) in [5.41, 5.74) is 6.51. The number of aryl methyl sites for hydroxylation is 1. The number of aromatic nitrogens is 2. The molecule has 0 aliphatic carbocycles. The minimum atomic E-state index is -3.15. The topological polar surface area (TPSA) is 94.0 Å². The number of rotatable bonds is 5. The highest BCUT2D eigenvalue weighted by Gasteiger charge is 2.28. The third kappa shape index (κ3) is 3.22. The van der Waals surface area contributed by atoms with Gasteiger partial charge >= 0.3 is 0 Å². The van der Waals surface area contributed by atoms with E-state index in [0.29, 0.717) is 16.8 Å². The number of nitrogens with two attached hydrogens (primary N) is 1. The first-order valence-electron chi connectivity index (χ1n) is 6.88. The molecule has 0 fully saturated rings. The van der Waals surface area contributed by atoms with Gasteiger partial charge in [0.25, 0.3) is 17.5 Å². The fourth-order valence-electron chi connectivity index (χ4n) is 1.97. The highest BCUT2D eigenvalue weighted by molar-refractivity contribution is 6.06. The SMILES string of the molecule is Cc1noc2nc(C(C)C)cc(C(=O)NCC(F)(F)CN)c12. The van der Waals surface area contributed by atoms with Crippen molar-refractivity contribution in [1.29, 1.82) is 0 Å². The number of carbonyl (C=O) groups excluding carboxylic acids is 1. The zero-order valence-corrected chi connectivity index (χ0v) is 12.6. The van der Waals surface area contributed by atoms with E-state index in [1.165, 1.54) is 0 Å². The highest BCUT2D eigenvalue weighted by atomic mass is 19.3. The van der Waals surface area contributed by atoms with Crippen molar-refractivity contribution in [3.05, 3.63) is 23.0 Å². The van der Waals surface area contributed by atoms with Crippen LogP contribution in [0.4, 0.5) is 8.78 Å². The van der Waals surface area contributed by atoms with E-state index in [1.54, 1.807) is 13.0 Å². The third-order valence-corrected chi connectivity index (χ3v) is 3.28. The van der Waals surface area contributed by atoms with E-state index >= 15 is 0 Å². The minimum Gasteiger partial charge on any atom is -0.346 e. The smallest absolute Gasteiger partial charge is 0.277 e. The lowest BCUT2D eigenvalue weighted by Crippen LogP contribution is -2.41. The van der Waals surface area contributed by atoms with E-state index in [0.717, 1.165) is 0 Å². The molecule has 2 aromatic rings. The second-order valence-electron chi connectivity index (χ2n) is 5.44. The number of nitrogens with one attached hydrogen (secondary N) is 1. The average molecular weight is 312 g/mol. The van der Waals surface area contributed by atoms with Crippen molar-refractivity contribution in [2.45, 2.75) is 32.6 Å². The molecule has 0 radical (unpaired) electrons. The molecule has 0 spiro atoms. The second-order valence-corrected chi connectivity index (χ2v) is 5.44. The van der Waals surface area contributed by atoms with Crippen molar-refractivity contribution < 1.29 is 18.1 Å². The van der Waals surface area contributed by atoms with E-state index in [9.17, 15) is 13.6 Å². The number of amides is 1. The molecule has 0 aromatic carbocycles. The number of fused-ring (bicyclic) bond motifs is 1. The number of carbonyl (C=O) groups is 1. The van der Waals surface area contributed by atoms with E-state index in [2.05, 4.69) is 15.5 Å². The Balaban J connectivity index is 2.40. The van der Waals surface area contributed by atoms with Crippen LogP contribution in [0, 0.1) is 6.92 Å². The number of hydrogen-bond acceptors (Lipinski definition) is 5. The molecule has 1 amide bonds. The first-order valence-corrected chi connectivity index (χ1v) is 6.88. The monoisotopic (exact) mass is 312 g/mol. The van der Waals surface area contributed by atoms with Crippen LogP contribution in [-0.2, 0) is 0 Å². The Labute approximate surface area is 126 Å². The third-order valence-electron chi connectivity index (χ3n) is 3.28. The summed E-state index contributed by atoms with van der Waals surface area (Å²) in [5, 5.41) is 6.41. The van der Waals surface area contributed by atoms with E-state index < -0.39 is 24.9 Å². The van der Waals surface area contributed by atoms with Gasteiger partial charge in [0.15, 0.2) is 0 Å². The van der Waals surface area contributed by atoms with E-state index in [-0.39, 0.29) is 17.2 Å². The molecule has 6 nitrogen and oxygen atoms in total. The van der Waals surface area contributed by atoms with Crippen LogP contribution >= 0.6 is 0 Å². The van der Waals surface area contributed by atoms with Gasteiger partial charge < -0.3 is 15.6 Å². The van der Waals surface area contributed by atoms with Crippen molar-refractivity contribution >= 4 is 17.0 Å². The van der Waals surface area contributed by atoms with Gasteiger partial charge in [0.2, 0.25) is 0 Å². The van der Waals surface area contributed by atoms with Gasteiger partial charge in [0.1, 0.15) is 0 Å². The predicted molar refractivity (Wildman–Crippen MR) is 77.0 cm³/mol. The maximum absolute atomic E-state index is 13.2. The number of nitrogens with zero attached hydrogens (tertiary/aromatic N) is 2. The Morgan fingerprint density at radius 2 is 2.18 bits per heavy atom. The van der Waals surface area contributed by atoms with Gasteiger partial charge in [-0.15, -0.1) is 0 Å². The lowest BCUT2D eigenvalue weighted by Gasteiger charge is -2.15. The molecule has 3 N–H and O–H groups in total. The Morgan fingerprint density at radius 1 is 1.50 bits per heavy atom. The maximum atomic E-state index is 13.2. The van der Waals surface area contributed by atoms with Gasteiger partial charge in [0, 0.05) is 5.69 Å². The van der Waals surface area contributed by atoms with Gasteiger partial charge in [-0.3, -0.25) is 4.79 Å². The molecule has 2 heterocycles. The molecule has 0 aliphatic heterocycles. The first kappa shape index (κ1) is 16.3. The van der Waals surface area contributed by atoms with Crippen LogP contribution in [0.2, 0.25) is 0 Å². The molecule has 2 rings (SSSR count). The standard InChI is InChI=1S/C14H18F2N4O2/c1-7(2)10-4-9(11-8(3)20-22-13(11)19-10)12(21)18-6-14(15,16)5-17/h4,7H,5-6,17H2,1-3H3,(H,18,21). The summed E-state index contributed by atoms with van der Waals surface area (Å²) in [4.78, 5) is 16.6. The molecule has 0 bridgehead atoms. The van der Waals surface area contributed by atoms with E-state index in [4.69, 9.17) is 10.3 Å². The van der Waals surface area contributed by atoms with Crippen molar-refractivity contribution in [2.24, 2.45) is 5.73 Å². The first-order chi connectivity index (χ1) is 10.2. The normalized spacial score (nSPS) is 12.1. The number of alkyl halides is 2. The van der Waals surface area contributed by atoms with Gasteiger partial charge in [-0.1, -0.05) is 19.0 Å². The fourth-order valence-corrected chi connectivity index (χ4v) is 1.97. The minimum absolute atomic E-state index is 0.0480. The molecular weight excluding hydrogens is 294 g/mol. The Hall–Kier alpha value is -2.09. The van der Waals surface area contributed by atoms with Crippen LogP contribution in [0.3, 0.4) is 0 Å². The van der Waals surface area contributed by atoms with Gasteiger partial charge in [0.05, 0.1) is 29.7 Å². The van der Waals surface area contributed by atoms with Crippen molar-refractivity contribution in [2.75, 3.05) is 13.1 Å². The molecule has 22 heavy (non-hydrogen) atoms. The lowest BCUT2D eigenvalue weighted by molar-refractivity contribution is 0.0119. The molecule has 0 saturated heterocycles. The number of hydrogen-bond donors (Lipinski definition) is 2. The molecule has 0 aliphatic rings. The molecule has 0 saturated carbocycles. The van der Waals surface area contributed by atoms with Crippen molar-refractivity contribution in [3.63, 3.8) is 0 Å². The molecular formula is C14H18F2N4O2. The van der Waals surface area contributed by atoms with Crippen LogP contribution in [0.1, 0.15) is 41.5 Å². The van der Waals surface area contributed by atoms with Gasteiger partial charge in [-0.2, -0.15) is 0 Å². The fraction of sp³-hybridized carbons (Fsp3) is 0.500. The molecule has 0 atom stereocenters. The van der Waals surface area contributed by atoms with Crippen LogP contribution in [0.15, 0.2) is 10.6 Å². The molecule has 8 heteroatoms. The average Bonchev–Trinajstić information content (AvgIpc) is 2.85. The predicted octanol–water partition coefficient (Wildman–Crippen LogP) is 1.98. The maximum Gasteiger partial charge on any atom is 0.277 e. The van der Waals surface area contributed by atoms with Crippen LogP contribution in [-0.4, -0.2) is 35.1 Å². The van der Waals surface area contributed by atoms with Crippen molar-refractivity contribution in [3.8, 4) is 0 Å². The summed E-state index contributed by atoms with van der Waals surface area (Å²) >= 11 is 0. The Kier molecular flexibility index (Phi) is 4.41. The van der Waals surface area contributed by atoms with Crippen LogP contribution in [0.25, 0.3) is 11.1 Å². The summed E-state index contributed by atoms with van der Waals surface area (Å²) in [5.74, 6) is -3.73. The molecule has 2 aromatic heterocycles. The summed E-state index contributed by atoms with van der Waals surface area (Å²) in [6.45, 7) is 3.81. The summed E-state index contributed by atoms with van der Waals surface area (Å²) in [6.07, 6.45) is 0. The van der Waals surface area contributed by atoms with Crippen LogP contribution < -0.4 is 11.1 Å². The van der Waals surface area contributed by atoms with Gasteiger partial charge in [-0.05, 0) is 18.9 Å². The second kappa shape index (κ2) is 5.96.